The number of nitriles is 1. The number of amides is 1. The van der Waals surface area contributed by atoms with E-state index in [-0.39, 0.29) is 11.8 Å². The SMILES string of the molecule is CC(=O)Nc1sc2c(c1C#N)CCC(C(=O)O)C2. The molecule has 0 aromatic carbocycles. The zero-order valence-electron chi connectivity index (χ0n) is 9.82. The van der Waals surface area contributed by atoms with Gasteiger partial charge in [-0.15, -0.1) is 11.3 Å². The molecule has 6 heteroatoms. The fourth-order valence-corrected chi connectivity index (χ4v) is 3.49. The number of anilines is 1. The van der Waals surface area contributed by atoms with Crippen LogP contribution < -0.4 is 5.32 Å². The molecule has 2 N–H and O–H groups in total. The third-order valence-corrected chi connectivity index (χ3v) is 4.19. The average Bonchev–Trinajstić information content (AvgIpc) is 2.63. The zero-order chi connectivity index (χ0) is 13.3. The molecule has 94 valence electrons. The first kappa shape index (κ1) is 12.6. The number of carbonyl (C=O) groups is 2. The van der Waals surface area contributed by atoms with Gasteiger partial charge in [0, 0.05) is 11.8 Å². The first-order valence-corrected chi connectivity index (χ1v) is 6.39. The highest BCUT2D eigenvalue weighted by atomic mass is 32.1. The Morgan fingerprint density at radius 2 is 2.28 bits per heavy atom. The fraction of sp³-hybridized carbons (Fsp3) is 0.417. The minimum atomic E-state index is -0.798. The summed E-state index contributed by atoms with van der Waals surface area (Å²) in [4.78, 5) is 22.9. The Labute approximate surface area is 108 Å². The van der Waals surface area contributed by atoms with Crippen molar-refractivity contribution in [2.24, 2.45) is 5.92 Å². The van der Waals surface area contributed by atoms with Gasteiger partial charge in [-0.05, 0) is 24.8 Å². The number of fused-ring (bicyclic) bond motifs is 1. The Morgan fingerprint density at radius 3 is 2.83 bits per heavy atom. The van der Waals surface area contributed by atoms with Crippen LogP contribution in [0.25, 0.3) is 0 Å². The van der Waals surface area contributed by atoms with E-state index in [1.54, 1.807) is 0 Å². The molecule has 1 aromatic rings. The Hall–Kier alpha value is -1.87. The molecule has 5 nitrogen and oxygen atoms in total. The summed E-state index contributed by atoms with van der Waals surface area (Å²) in [5, 5.41) is 21.3. The fourth-order valence-electron chi connectivity index (χ4n) is 2.16. The standard InChI is InChI=1S/C12H12N2O3S/c1-6(15)14-11-9(5-13)8-3-2-7(12(16)17)4-10(8)18-11/h7H,2-4H2,1H3,(H,14,15)(H,16,17). The van der Waals surface area contributed by atoms with E-state index < -0.39 is 5.97 Å². The second-order valence-corrected chi connectivity index (χ2v) is 5.38. The van der Waals surface area contributed by atoms with Crippen LogP contribution in [0, 0.1) is 17.2 Å². The summed E-state index contributed by atoms with van der Waals surface area (Å²) in [5.74, 6) is -1.40. The van der Waals surface area contributed by atoms with Crippen molar-refractivity contribution in [1.29, 1.82) is 5.26 Å². The van der Waals surface area contributed by atoms with Crippen LogP contribution in [0.2, 0.25) is 0 Å². The second-order valence-electron chi connectivity index (χ2n) is 4.28. The number of carboxylic acid groups (broad SMARTS) is 1. The molecule has 0 saturated carbocycles. The molecule has 0 fully saturated rings. The monoisotopic (exact) mass is 264 g/mol. The van der Waals surface area contributed by atoms with E-state index in [4.69, 9.17) is 10.4 Å². The topological polar surface area (TPSA) is 90.2 Å². The molecule has 18 heavy (non-hydrogen) atoms. The van der Waals surface area contributed by atoms with Crippen LogP contribution in [0.3, 0.4) is 0 Å². The van der Waals surface area contributed by atoms with Gasteiger partial charge in [0.1, 0.15) is 11.1 Å². The average molecular weight is 264 g/mol. The number of rotatable bonds is 2. The summed E-state index contributed by atoms with van der Waals surface area (Å²) in [6.07, 6.45) is 1.59. The van der Waals surface area contributed by atoms with E-state index in [1.165, 1.54) is 18.3 Å². The summed E-state index contributed by atoms with van der Waals surface area (Å²) in [6.45, 7) is 1.39. The smallest absolute Gasteiger partial charge is 0.306 e. The zero-order valence-corrected chi connectivity index (χ0v) is 10.6. The maximum Gasteiger partial charge on any atom is 0.306 e. The highest BCUT2D eigenvalue weighted by Gasteiger charge is 2.29. The Kier molecular flexibility index (Phi) is 3.34. The van der Waals surface area contributed by atoms with Gasteiger partial charge in [-0.3, -0.25) is 9.59 Å². The normalized spacial score (nSPS) is 17.7. The minimum Gasteiger partial charge on any atom is -0.481 e. The lowest BCUT2D eigenvalue weighted by molar-refractivity contribution is -0.142. The second kappa shape index (κ2) is 4.78. The van der Waals surface area contributed by atoms with Crippen LogP contribution >= 0.6 is 11.3 Å². The summed E-state index contributed by atoms with van der Waals surface area (Å²) in [7, 11) is 0. The molecule has 1 heterocycles. The van der Waals surface area contributed by atoms with E-state index in [0.717, 1.165) is 10.4 Å². The molecule has 2 rings (SSSR count). The predicted octanol–water partition coefficient (Wildman–Crippen LogP) is 1.77. The highest BCUT2D eigenvalue weighted by Crippen LogP contribution is 2.39. The summed E-state index contributed by atoms with van der Waals surface area (Å²) >= 11 is 1.32. The molecular formula is C12H12N2O3S. The third kappa shape index (κ3) is 2.22. The van der Waals surface area contributed by atoms with E-state index in [1.807, 2.05) is 0 Å². The largest absolute Gasteiger partial charge is 0.481 e. The van der Waals surface area contributed by atoms with Gasteiger partial charge in [0.05, 0.1) is 11.5 Å². The number of carbonyl (C=O) groups excluding carboxylic acids is 1. The van der Waals surface area contributed by atoms with Crippen molar-refractivity contribution in [2.75, 3.05) is 5.32 Å². The number of aliphatic carboxylic acids is 1. The molecule has 0 radical (unpaired) electrons. The Morgan fingerprint density at radius 1 is 1.56 bits per heavy atom. The minimum absolute atomic E-state index is 0.222. The van der Waals surface area contributed by atoms with Crippen molar-refractivity contribution in [1.82, 2.24) is 0 Å². The van der Waals surface area contributed by atoms with Crippen LogP contribution in [0.15, 0.2) is 0 Å². The van der Waals surface area contributed by atoms with Crippen molar-refractivity contribution in [2.45, 2.75) is 26.2 Å². The lowest BCUT2D eigenvalue weighted by Crippen LogP contribution is -2.21. The van der Waals surface area contributed by atoms with Gasteiger partial charge in [0.2, 0.25) is 5.91 Å². The van der Waals surface area contributed by atoms with E-state index in [9.17, 15) is 9.59 Å². The van der Waals surface area contributed by atoms with Crippen LogP contribution in [0.5, 0.6) is 0 Å². The van der Waals surface area contributed by atoms with Gasteiger partial charge >= 0.3 is 5.97 Å². The van der Waals surface area contributed by atoms with Crippen molar-refractivity contribution < 1.29 is 14.7 Å². The number of hydrogen-bond donors (Lipinski definition) is 2. The van der Waals surface area contributed by atoms with E-state index in [0.29, 0.717) is 29.8 Å². The van der Waals surface area contributed by atoms with Crippen molar-refractivity contribution in [3.63, 3.8) is 0 Å². The number of nitrogens with zero attached hydrogens (tertiary/aromatic N) is 1. The van der Waals surface area contributed by atoms with Gasteiger partial charge < -0.3 is 10.4 Å². The molecule has 1 unspecified atom stereocenters. The molecule has 0 bridgehead atoms. The summed E-state index contributed by atoms with van der Waals surface area (Å²) in [5.41, 5.74) is 1.40. The lowest BCUT2D eigenvalue weighted by atomic mass is 9.87. The van der Waals surface area contributed by atoms with Crippen LogP contribution in [-0.4, -0.2) is 17.0 Å². The van der Waals surface area contributed by atoms with Gasteiger partial charge in [-0.1, -0.05) is 0 Å². The van der Waals surface area contributed by atoms with Crippen molar-refractivity contribution >= 4 is 28.2 Å². The van der Waals surface area contributed by atoms with Gasteiger partial charge in [-0.2, -0.15) is 5.26 Å². The Balaban J connectivity index is 2.36. The van der Waals surface area contributed by atoms with E-state index in [2.05, 4.69) is 11.4 Å². The molecule has 1 aromatic heterocycles. The Bertz CT molecular complexity index is 556. The summed E-state index contributed by atoms with van der Waals surface area (Å²) < 4.78 is 0. The summed E-state index contributed by atoms with van der Waals surface area (Å²) in [6, 6.07) is 2.10. The molecular weight excluding hydrogens is 252 g/mol. The first-order valence-electron chi connectivity index (χ1n) is 5.58. The van der Waals surface area contributed by atoms with Gasteiger partial charge in [0.25, 0.3) is 0 Å². The van der Waals surface area contributed by atoms with Crippen molar-refractivity contribution in [3.05, 3.63) is 16.0 Å². The third-order valence-electron chi connectivity index (χ3n) is 3.02. The van der Waals surface area contributed by atoms with Gasteiger partial charge in [-0.25, -0.2) is 0 Å². The highest BCUT2D eigenvalue weighted by molar-refractivity contribution is 7.16. The lowest BCUT2D eigenvalue weighted by Gasteiger charge is -2.17. The first-order chi connectivity index (χ1) is 8.52. The van der Waals surface area contributed by atoms with Crippen LogP contribution in [0.1, 0.15) is 29.3 Å². The molecule has 0 saturated heterocycles. The molecule has 1 amide bonds. The van der Waals surface area contributed by atoms with Crippen molar-refractivity contribution in [3.8, 4) is 6.07 Å². The maximum atomic E-state index is 11.1. The molecule has 0 aliphatic heterocycles. The van der Waals surface area contributed by atoms with Crippen LogP contribution in [0.4, 0.5) is 5.00 Å². The molecule has 1 aliphatic rings. The number of hydrogen-bond acceptors (Lipinski definition) is 4. The number of carboxylic acids is 1. The maximum absolute atomic E-state index is 11.1. The molecule has 1 aliphatic carbocycles. The predicted molar refractivity (Wildman–Crippen MR) is 66.5 cm³/mol. The molecule has 1 atom stereocenters. The quantitative estimate of drug-likeness (QED) is 0.851. The number of nitrogens with one attached hydrogen (secondary N) is 1. The van der Waals surface area contributed by atoms with E-state index >= 15 is 0 Å². The molecule has 0 spiro atoms. The number of thiophene rings is 1. The van der Waals surface area contributed by atoms with Crippen LogP contribution in [-0.2, 0) is 22.4 Å². The van der Waals surface area contributed by atoms with Gasteiger partial charge in [0.15, 0.2) is 0 Å².